The van der Waals surface area contributed by atoms with Gasteiger partial charge < -0.3 is 51.8 Å². The number of carbonyl (C=O) groups excluding carboxylic acids is 4. The Labute approximate surface area is 342 Å². The highest BCUT2D eigenvalue weighted by atomic mass is 16.5. The number of nitrogens with zero attached hydrogens (tertiary/aromatic N) is 2. The van der Waals surface area contributed by atoms with Crippen LogP contribution < -0.4 is 38.2 Å². The standard InChI is InChI=1S/C41H47N9O10/c1-22(49(2)34(53)19-42)35(37(55)44-21-27-18-32(51)38(60-27)50-14-13-33(52)47-41(50)59)48-36(54)30(16-23-11-12-24-7-3-4-8-25(24)15-23)45-40(58)46-31(39(56)57)17-26-20-43-29-10-6-5-9-28(26)29/h3-15,20,22,27,30-32,35,38,43,51H,16-19,21,42H2,1-2H3,(H,44,55)(H,48,54)(H,56,57)(H2,45,46,58)(H,47,52,59)/t22-,27+,30-,31-,32+,35-,38+/m0/s1. The number of aliphatic hydroxyl groups is 1. The molecule has 6 rings (SSSR count). The molecule has 0 saturated carbocycles. The summed E-state index contributed by atoms with van der Waals surface area (Å²) in [5.74, 6) is -3.42. The predicted octanol–water partition coefficient (Wildman–Crippen LogP) is -0.167. The number of carboxylic acids is 1. The van der Waals surface area contributed by atoms with Gasteiger partial charge in [0.2, 0.25) is 17.7 Å². The van der Waals surface area contributed by atoms with Crippen molar-refractivity contribution in [3.05, 3.63) is 117 Å². The number of nitrogens with one attached hydrogen (secondary N) is 6. The summed E-state index contributed by atoms with van der Waals surface area (Å²) in [7, 11) is 1.41. The van der Waals surface area contributed by atoms with E-state index < -0.39 is 90.1 Å². The lowest BCUT2D eigenvalue weighted by atomic mass is 10.00. The van der Waals surface area contributed by atoms with Crippen LogP contribution in [-0.2, 0) is 36.8 Å². The van der Waals surface area contributed by atoms with Crippen LogP contribution in [0.2, 0.25) is 0 Å². The third-order valence-electron chi connectivity index (χ3n) is 10.6. The molecule has 0 unspecified atom stereocenters. The number of ether oxygens (including phenoxy) is 1. The monoisotopic (exact) mass is 825 g/mol. The van der Waals surface area contributed by atoms with Gasteiger partial charge in [-0.05, 0) is 34.9 Å². The maximum absolute atomic E-state index is 14.3. The molecule has 19 nitrogen and oxygen atoms in total. The van der Waals surface area contributed by atoms with Crippen LogP contribution in [0.4, 0.5) is 4.79 Å². The fourth-order valence-electron chi connectivity index (χ4n) is 7.21. The minimum atomic E-state index is -1.43. The molecule has 10 N–H and O–H groups in total. The lowest BCUT2D eigenvalue weighted by Crippen LogP contribution is -2.62. The first-order valence-electron chi connectivity index (χ1n) is 19.2. The van der Waals surface area contributed by atoms with E-state index in [1.807, 2.05) is 60.7 Å². The van der Waals surface area contributed by atoms with Crippen molar-refractivity contribution in [1.29, 1.82) is 0 Å². The van der Waals surface area contributed by atoms with Crippen LogP contribution >= 0.6 is 0 Å². The van der Waals surface area contributed by atoms with Gasteiger partial charge in [0, 0.05) is 62.2 Å². The molecule has 0 aliphatic carbocycles. The van der Waals surface area contributed by atoms with Crippen molar-refractivity contribution in [1.82, 2.24) is 40.7 Å². The number of fused-ring (bicyclic) bond motifs is 2. The number of amides is 5. The van der Waals surface area contributed by atoms with E-state index in [-0.39, 0.29) is 25.8 Å². The number of hydrogen-bond donors (Lipinski definition) is 9. The Balaban J connectivity index is 1.21. The molecule has 5 amide bonds. The Kier molecular flexibility index (Phi) is 13.4. The average molecular weight is 826 g/mol. The molecule has 0 bridgehead atoms. The normalized spacial score (nSPS) is 18.2. The van der Waals surface area contributed by atoms with E-state index in [0.717, 1.165) is 32.3 Å². The molecule has 0 spiro atoms. The lowest BCUT2D eigenvalue weighted by Gasteiger charge is -2.33. The smallest absolute Gasteiger partial charge is 0.330 e. The average Bonchev–Trinajstić information content (AvgIpc) is 3.82. The number of hydrogen-bond acceptors (Lipinski definition) is 10. The first-order valence-corrected chi connectivity index (χ1v) is 19.2. The Morgan fingerprint density at radius 3 is 2.38 bits per heavy atom. The number of nitrogens with two attached hydrogens (primary N) is 1. The topological polar surface area (TPSA) is 283 Å². The Morgan fingerprint density at radius 1 is 0.933 bits per heavy atom. The zero-order chi connectivity index (χ0) is 43.1. The molecule has 2 aromatic heterocycles. The van der Waals surface area contributed by atoms with E-state index in [1.54, 1.807) is 12.3 Å². The van der Waals surface area contributed by atoms with Crippen LogP contribution in [-0.4, -0.2) is 116 Å². The van der Waals surface area contributed by atoms with Crippen LogP contribution in [0, 0.1) is 0 Å². The minimum absolute atomic E-state index is 0.000830. The zero-order valence-corrected chi connectivity index (χ0v) is 32.8. The minimum Gasteiger partial charge on any atom is -0.480 e. The van der Waals surface area contributed by atoms with Crippen molar-refractivity contribution in [3.8, 4) is 0 Å². The predicted molar refractivity (Wildman–Crippen MR) is 219 cm³/mol. The number of aromatic nitrogens is 3. The molecule has 1 saturated heterocycles. The van der Waals surface area contributed by atoms with Gasteiger partial charge in [-0.1, -0.05) is 60.7 Å². The van der Waals surface area contributed by atoms with Gasteiger partial charge >= 0.3 is 17.7 Å². The summed E-state index contributed by atoms with van der Waals surface area (Å²) in [4.78, 5) is 97.2. The van der Waals surface area contributed by atoms with Gasteiger partial charge in [0.15, 0.2) is 6.23 Å². The molecule has 3 aromatic carbocycles. The second-order valence-corrected chi connectivity index (χ2v) is 14.7. The van der Waals surface area contributed by atoms with Gasteiger partial charge in [0.05, 0.1) is 18.7 Å². The molecule has 5 aromatic rings. The molecule has 60 heavy (non-hydrogen) atoms. The number of para-hydroxylation sites is 1. The van der Waals surface area contributed by atoms with Crippen molar-refractivity contribution in [2.24, 2.45) is 5.73 Å². The van der Waals surface area contributed by atoms with Crippen LogP contribution in [0.3, 0.4) is 0 Å². The number of aliphatic carboxylic acids is 1. The van der Waals surface area contributed by atoms with E-state index in [1.165, 1.54) is 25.1 Å². The molecular formula is C41H47N9O10. The summed E-state index contributed by atoms with van der Waals surface area (Å²) >= 11 is 0. The Morgan fingerprint density at radius 2 is 1.65 bits per heavy atom. The fraction of sp³-hybridized carbons (Fsp3) is 0.341. The largest absolute Gasteiger partial charge is 0.480 e. The van der Waals surface area contributed by atoms with E-state index in [0.29, 0.717) is 11.1 Å². The van der Waals surface area contributed by atoms with E-state index in [9.17, 15) is 43.8 Å². The van der Waals surface area contributed by atoms with Gasteiger partial charge in [-0.3, -0.25) is 28.7 Å². The number of benzene rings is 3. The van der Waals surface area contributed by atoms with Gasteiger partial charge in [0.1, 0.15) is 24.2 Å². The maximum Gasteiger partial charge on any atom is 0.330 e. The molecule has 3 heterocycles. The number of aromatic amines is 2. The van der Waals surface area contributed by atoms with Crippen molar-refractivity contribution in [2.75, 3.05) is 20.1 Å². The summed E-state index contributed by atoms with van der Waals surface area (Å²) < 4.78 is 6.87. The Hall–Kier alpha value is -6.83. The molecule has 316 valence electrons. The quantitative estimate of drug-likeness (QED) is 0.0630. The molecule has 7 atom stereocenters. The summed E-state index contributed by atoms with van der Waals surface area (Å²) in [5.41, 5.74) is 6.28. The third kappa shape index (κ3) is 10.1. The molecule has 1 fully saturated rings. The molecule has 1 aliphatic rings. The van der Waals surface area contributed by atoms with Crippen molar-refractivity contribution in [3.63, 3.8) is 0 Å². The number of carbonyl (C=O) groups is 5. The lowest BCUT2D eigenvalue weighted by molar-refractivity contribution is -0.139. The first-order chi connectivity index (χ1) is 28.7. The SMILES string of the molecule is C[C@@H]([C@H](NC(=O)[C@H](Cc1ccc2ccccc2c1)NC(=O)N[C@@H](Cc1c[nH]c2ccccc12)C(=O)O)C(=O)NC[C@H]1C[C@@H](O)[C@H](n2ccc(=O)[nH]c2=O)O1)N(C)C(=O)CN. The van der Waals surface area contributed by atoms with E-state index in [4.69, 9.17) is 10.5 Å². The highest BCUT2D eigenvalue weighted by Crippen LogP contribution is 2.27. The van der Waals surface area contributed by atoms with Gasteiger partial charge in [-0.15, -0.1) is 0 Å². The number of carboxylic acid groups (broad SMARTS) is 1. The molecule has 19 heteroatoms. The maximum atomic E-state index is 14.3. The van der Waals surface area contributed by atoms with Crippen molar-refractivity contribution in [2.45, 2.75) is 68.8 Å². The van der Waals surface area contributed by atoms with Crippen LogP contribution in [0.5, 0.6) is 0 Å². The van der Waals surface area contributed by atoms with Crippen LogP contribution in [0.25, 0.3) is 21.7 Å². The molecule has 0 radical (unpaired) electrons. The zero-order valence-electron chi connectivity index (χ0n) is 32.8. The Bertz CT molecular complexity index is 2500. The summed E-state index contributed by atoms with van der Waals surface area (Å²) in [5, 5.41) is 33.8. The van der Waals surface area contributed by atoms with Crippen molar-refractivity contribution >= 4 is 51.4 Å². The van der Waals surface area contributed by atoms with Gasteiger partial charge in [-0.25, -0.2) is 14.4 Å². The summed E-state index contributed by atoms with van der Waals surface area (Å²) in [6.45, 7) is 0.942. The number of urea groups is 1. The highest BCUT2D eigenvalue weighted by Gasteiger charge is 2.38. The highest BCUT2D eigenvalue weighted by molar-refractivity contribution is 5.94. The number of aliphatic hydroxyl groups excluding tert-OH is 1. The van der Waals surface area contributed by atoms with E-state index >= 15 is 0 Å². The summed E-state index contributed by atoms with van der Waals surface area (Å²) in [6.07, 6.45) is -0.434. The van der Waals surface area contributed by atoms with Gasteiger partial charge in [-0.2, -0.15) is 0 Å². The number of H-pyrrole nitrogens is 2. The van der Waals surface area contributed by atoms with Crippen molar-refractivity contribution < 1.29 is 38.9 Å². The van der Waals surface area contributed by atoms with Gasteiger partial charge in [0.25, 0.3) is 5.56 Å². The van der Waals surface area contributed by atoms with Crippen LogP contribution in [0.1, 0.15) is 30.7 Å². The fourth-order valence-corrected chi connectivity index (χ4v) is 7.21. The number of likely N-dealkylation sites (N-methyl/N-ethyl adjacent to an activating group) is 1. The second-order valence-electron chi connectivity index (χ2n) is 14.7. The van der Waals surface area contributed by atoms with E-state index in [2.05, 4.69) is 31.2 Å². The van der Waals surface area contributed by atoms with Crippen LogP contribution in [0.15, 0.2) is 94.8 Å². The first kappa shape index (κ1) is 42.8. The molecular weight excluding hydrogens is 779 g/mol. The summed E-state index contributed by atoms with van der Waals surface area (Å²) in [6, 6.07) is 15.3. The number of rotatable bonds is 16. The molecule has 1 aliphatic heterocycles. The second kappa shape index (κ2) is 18.8. The third-order valence-corrected chi connectivity index (χ3v) is 10.6.